The maximum atomic E-state index is 5.40. The van der Waals surface area contributed by atoms with Crippen LogP contribution in [0.1, 0.15) is 5.56 Å². The number of H-pyrrole nitrogens is 1. The van der Waals surface area contributed by atoms with Crippen molar-refractivity contribution in [1.82, 2.24) is 9.55 Å². The molecule has 4 heteroatoms. The first kappa shape index (κ1) is 11.7. The van der Waals surface area contributed by atoms with Gasteiger partial charge in [-0.25, -0.2) is 0 Å². The molecule has 0 bridgehead atoms. The quantitative estimate of drug-likeness (QED) is 0.689. The van der Waals surface area contributed by atoms with Crippen molar-refractivity contribution in [1.29, 1.82) is 0 Å². The number of fused-ring (bicyclic) bond motifs is 1. The van der Waals surface area contributed by atoms with E-state index in [4.69, 9.17) is 12.2 Å². The Morgan fingerprint density at radius 1 is 1.06 bits per heavy atom. The van der Waals surface area contributed by atoms with Crippen LogP contribution in [0, 0.1) is 4.77 Å². The third-order valence-corrected chi connectivity index (χ3v) is 3.89. The van der Waals surface area contributed by atoms with Crippen molar-refractivity contribution >= 4 is 39.2 Å². The molecule has 0 radical (unpaired) electrons. The summed E-state index contributed by atoms with van der Waals surface area (Å²) in [6, 6.07) is 16.4. The number of nitrogens with zero attached hydrogens (tertiary/aromatic N) is 1. The second-order valence-corrected chi connectivity index (χ2v) is 5.38. The Morgan fingerprint density at radius 3 is 2.61 bits per heavy atom. The molecule has 0 spiro atoms. The molecule has 90 valence electrons. The summed E-state index contributed by atoms with van der Waals surface area (Å²) in [6.45, 7) is 0.780. The number of aromatic nitrogens is 2. The molecule has 1 heterocycles. The van der Waals surface area contributed by atoms with E-state index in [-0.39, 0.29) is 0 Å². The van der Waals surface area contributed by atoms with Gasteiger partial charge in [0.1, 0.15) is 0 Å². The van der Waals surface area contributed by atoms with Crippen LogP contribution in [0.2, 0.25) is 0 Å². The van der Waals surface area contributed by atoms with Gasteiger partial charge in [0.05, 0.1) is 17.6 Å². The molecule has 0 unspecified atom stereocenters. The van der Waals surface area contributed by atoms with Crippen LogP contribution in [-0.2, 0) is 6.54 Å². The molecule has 0 aliphatic rings. The topological polar surface area (TPSA) is 20.7 Å². The Hall–Kier alpha value is -1.39. The molecule has 1 N–H and O–H groups in total. The van der Waals surface area contributed by atoms with Crippen molar-refractivity contribution in [3.63, 3.8) is 0 Å². The summed E-state index contributed by atoms with van der Waals surface area (Å²) in [5, 5.41) is 0. The summed E-state index contributed by atoms with van der Waals surface area (Å²) in [6.07, 6.45) is 0. The average molecular weight is 319 g/mol. The van der Waals surface area contributed by atoms with Gasteiger partial charge < -0.3 is 9.55 Å². The molecule has 0 amide bonds. The van der Waals surface area contributed by atoms with Gasteiger partial charge in [0, 0.05) is 4.47 Å². The minimum absolute atomic E-state index is 0.751. The Labute approximate surface area is 118 Å². The second kappa shape index (κ2) is 4.71. The number of hydrogen-bond acceptors (Lipinski definition) is 1. The highest BCUT2D eigenvalue weighted by molar-refractivity contribution is 9.10. The van der Waals surface area contributed by atoms with Crippen molar-refractivity contribution in [2.45, 2.75) is 6.54 Å². The summed E-state index contributed by atoms with van der Waals surface area (Å²) in [5.41, 5.74) is 3.42. The standard InChI is InChI=1S/C14H11BrN2S/c15-11-7-4-8-12-13(11)17(14(18)16-12)9-10-5-2-1-3-6-10/h1-8H,9H2,(H,16,18). The monoisotopic (exact) mass is 318 g/mol. The van der Waals surface area contributed by atoms with Crippen molar-refractivity contribution in [2.24, 2.45) is 0 Å². The molecular formula is C14H11BrN2S. The van der Waals surface area contributed by atoms with Crippen molar-refractivity contribution in [2.75, 3.05) is 0 Å². The molecule has 0 fully saturated rings. The van der Waals surface area contributed by atoms with Crippen LogP contribution < -0.4 is 0 Å². The maximum absolute atomic E-state index is 5.40. The predicted octanol–water partition coefficient (Wildman–Crippen LogP) is 4.51. The lowest BCUT2D eigenvalue weighted by molar-refractivity contribution is 0.809. The molecule has 3 aromatic rings. The first-order valence-electron chi connectivity index (χ1n) is 5.66. The van der Waals surface area contributed by atoms with Crippen LogP contribution in [0.25, 0.3) is 11.0 Å². The molecule has 0 saturated carbocycles. The Balaban J connectivity index is 2.17. The normalized spacial score (nSPS) is 10.9. The molecule has 0 saturated heterocycles. The van der Waals surface area contributed by atoms with Crippen LogP contribution in [0.3, 0.4) is 0 Å². The summed E-state index contributed by atoms with van der Waals surface area (Å²) in [7, 11) is 0. The van der Waals surface area contributed by atoms with E-state index in [1.807, 2.05) is 36.4 Å². The molecule has 2 aromatic carbocycles. The minimum Gasteiger partial charge on any atom is -0.331 e. The zero-order chi connectivity index (χ0) is 12.5. The highest BCUT2D eigenvalue weighted by atomic mass is 79.9. The maximum Gasteiger partial charge on any atom is 0.178 e. The fourth-order valence-corrected chi connectivity index (χ4v) is 2.94. The zero-order valence-electron chi connectivity index (χ0n) is 9.56. The molecule has 0 aliphatic heterocycles. The second-order valence-electron chi connectivity index (χ2n) is 4.14. The van der Waals surface area contributed by atoms with Gasteiger partial charge >= 0.3 is 0 Å². The first-order chi connectivity index (χ1) is 8.75. The average Bonchev–Trinajstić information content (AvgIpc) is 2.69. The van der Waals surface area contributed by atoms with Crippen molar-refractivity contribution in [3.05, 3.63) is 63.3 Å². The van der Waals surface area contributed by atoms with Crippen LogP contribution in [0.4, 0.5) is 0 Å². The Kier molecular flexibility index (Phi) is 3.06. The Bertz CT molecular complexity index is 743. The number of nitrogens with one attached hydrogen (secondary N) is 1. The minimum atomic E-state index is 0.751. The van der Waals surface area contributed by atoms with E-state index in [2.05, 4.69) is 37.6 Å². The fraction of sp³-hybridized carbons (Fsp3) is 0.0714. The number of imidazole rings is 1. The highest BCUT2D eigenvalue weighted by Crippen LogP contribution is 2.24. The SMILES string of the molecule is S=c1[nH]c2cccc(Br)c2n1Cc1ccccc1. The summed E-state index contributed by atoms with van der Waals surface area (Å²) in [4.78, 5) is 3.24. The summed E-state index contributed by atoms with van der Waals surface area (Å²) >= 11 is 8.99. The van der Waals surface area contributed by atoms with Gasteiger partial charge in [-0.1, -0.05) is 36.4 Å². The molecule has 18 heavy (non-hydrogen) atoms. The van der Waals surface area contributed by atoms with E-state index in [0.29, 0.717) is 0 Å². The van der Waals surface area contributed by atoms with Gasteiger partial charge in [-0.05, 0) is 45.8 Å². The third kappa shape index (κ3) is 2.02. The van der Waals surface area contributed by atoms with Gasteiger partial charge in [-0.2, -0.15) is 0 Å². The summed E-state index contributed by atoms with van der Waals surface area (Å²) < 4.78 is 3.92. The molecule has 1 aromatic heterocycles. The van der Waals surface area contributed by atoms with E-state index in [9.17, 15) is 0 Å². The lowest BCUT2D eigenvalue weighted by Crippen LogP contribution is -1.99. The molecule has 0 atom stereocenters. The van der Waals surface area contributed by atoms with E-state index < -0.39 is 0 Å². The van der Waals surface area contributed by atoms with Crippen LogP contribution in [0.15, 0.2) is 53.0 Å². The molecule has 3 rings (SSSR count). The van der Waals surface area contributed by atoms with Crippen LogP contribution in [0.5, 0.6) is 0 Å². The van der Waals surface area contributed by atoms with E-state index >= 15 is 0 Å². The van der Waals surface area contributed by atoms with Gasteiger partial charge in [0.15, 0.2) is 4.77 Å². The number of rotatable bonds is 2. The lowest BCUT2D eigenvalue weighted by atomic mass is 10.2. The molecule has 2 nitrogen and oxygen atoms in total. The third-order valence-electron chi connectivity index (χ3n) is 2.93. The largest absolute Gasteiger partial charge is 0.331 e. The fourth-order valence-electron chi connectivity index (χ4n) is 2.09. The van der Waals surface area contributed by atoms with Crippen LogP contribution in [-0.4, -0.2) is 9.55 Å². The number of halogens is 1. The first-order valence-corrected chi connectivity index (χ1v) is 6.87. The number of benzene rings is 2. The lowest BCUT2D eigenvalue weighted by Gasteiger charge is -2.05. The zero-order valence-corrected chi connectivity index (χ0v) is 12.0. The van der Waals surface area contributed by atoms with Gasteiger partial charge in [0.2, 0.25) is 0 Å². The van der Waals surface area contributed by atoms with E-state index in [0.717, 1.165) is 26.8 Å². The van der Waals surface area contributed by atoms with Crippen molar-refractivity contribution < 1.29 is 0 Å². The number of aromatic amines is 1. The molecule has 0 aliphatic carbocycles. The summed E-state index contributed by atoms with van der Waals surface area (Å²) in [5.74, 6) is 0. The van der Waals surface area contributed by atoms with Gasteiger partial charge in [-0.3, -0.25) is 0 Å². The Morgan fingerprint density at radius 2 is 1.83 bits per heavy atom. The van der Waals surface area contributed by atoms with E-state index in [1.54, 1.807) is 0 Å². The van der Waals surface area contributed by atoms with Gasteiger partial charge in [-0.15, -0.1) is 0 Å². The number of para-hydroxylation sites is 1. The molecular weight excluding hydrogens is 308 g/mol. The van der Waals surface area contributed by atoms with Crippen LogP contribution >= 0.6 is 28.1 Å². The highest BCUT2D eigenvalue weighted by Gasteiger charge is 2.07. The smallest absolute Gasteiger partial charge is 0.178 e. The number of hydrogen-bond donors (Lipinski definition) is 1. The van der Waals surface area contributed by atoms with Crippen molar-refractivity contribution in [3.8, 4) is 0 Å². The van der Waals surface area contributed by atoms with Gasteiger partial charge in [0.25, 0.3) is 0 Å². The predicted molar refractivity (Wildman–Crippen MR) is 80.4 cm³/mol. The van der Waals surface area contributed by atoms with E-state index in [1.165, 1.54) is 5.56 Å².